The molecule has 0 saturated carbocycles. The summed E-state index contributed by atoms with van der Waals surface area (Å²) in [4.78, 5) is 23.8. The number of hydrogen-bond donors (Lipinski definition) is 2. The molecule has 0 aliphatic carbocycles. The number of nitrogens with zero attached hydrogens (tertiary/aromatic N) is 1. The molecule has 0 aromatic heterocycles. The van der Waals surface area contributed by atoms with Crippen LogP contribution in [-0.4, -0.2) is 28.5 Å². The second kappa shape index (κ2) is 17.2. The Labute approximate surface area is 158 Å². The van der Waals surface area contributed by atoms with Gasteiger partial charge in [0.05, 0.1) is 0 Å². The van der Waals surface area contributed by atoms with Gasteiger partial charge >= 0.3 is 112 Å². The fourth-order valence-electron chi connectivity index (χ4n) is 2.72. The molecule has 0 aliphatic heterocycles. The van der Waals surface area contributed by atoms with Crippen LogP contribution in [0, 0.1) is 5.63 Å². The molecule has 0 fully saturated rings. The molecule has 1 unspecified atom stereocenters. The van der Waals surface area contributed by atoms with Crippen molar-refractivity contribution < 1.29 is 19.3 Å². The van der Waals surface area contributed by atoms with Crippen LogP contribution in [0.3, 0.4) is 0 Å². The summed E-state index contributed by atoms with van der Waals surface area (Å²) in [5.41, 5.74) is 2.54. The number of unbranched alkanes of at least 4 members (excludes halogenated alkanes) is 7. The molecule has 0 bridgehead atoms. The third-order valence-corrected chi connectivity index (χ3v) is 4.63. The van der Waals surface area contributed by atoms with Gasteiger partial charge in [-0.3, -0.25) is 0 Å². The van der Waals surface area contributed by atoms with Crippen molar-refractivity contribution in [3.63, 3.8) is 0 Å². The number of aliphatic hydroxyl groups is 1. The first-order valence-electron chi connectivity index (χ1n) is 9.62. The van der Waals surface area contributed by atoms with Gasteiger partial charge in [0.15, 0.2) is 0 Å². The molecule has 3 N–H and O–H groups in total. The van der Waals surface area contributed by atoms with Crippen molar-refractivity contribution >= 4 is 25.2 Å². The molecule has 6 nitrogen and oxygen atoms in total. The zero-order chi connectivity index (χ0) is 19.6. The first kappa shape index (κ1) is 24.8. The van der Waals surface area contributed by atoms with Crippen molar-refractivity contribution in [2.45, 2.75) is 96.5 Å². The number of ketones is 2. The number of aliphatic hydroxyl groups excluding tert-OH is 1. The van der Waals surface area contributed by atoms with Crippen LogP contribution in [-0.2, 0) is 14.2 Å². The fourth-order valence-corrected chi connectivity index (χ4v) is 2.93. The van der Waals surface area contributed by atoms with Gasteiger partial charge in [0, 0.05) is 0 Å². The first-order chi connectivity index (χ1) is 12.5. The topological polar surface area (TPSA) is 110 Å². The zero-order valence-electron chi connectivity index (χ0n) is 15.9. The number of carbonyl (C=O) groups excluding carboxylic acids is 2. The molecule has 0 spiro atoms. The number of rotatable bonds is 16. The van der Waals surface area contributed by atoms with Crippen molar-refractivity contribution in [2.24, 2.45) is 10.9 Å². The fraction of sp³-hybridized carbons (Fsp3) is 0.789. The first-order valence-corrected chi connectivity index (χ1v) is 10.4. The maximum atomic E-state index is 12.1. The Hall–Kier alpha value is -1.22. The van der Waals surface area contributed by atoms with E-state index in [0.717, 1.165) is 19.3 Å². The molecule has 0 rings (SSSR count). The van der Waals surface area contributed by atoms with Gasteiger partial charge in [0.25, 0.3) is 0 Å². The van der Waals surface area contributed by atoms with Crippen LogP contribution in [0.15, 0.2) is 5.10 Å². The zero-order valence-corrected chi connectivity index (χ0v) is 16.8. The van der Waals surface area contributed by atoms with E-state index in [-0.39, 0.29) is 24.4 Å². The minimum absolute atomic E-state index is 0.0437. The second-order valence-corrected chi connectivity index (χ2v) is 7.00. The van der Waals surface area contributed by atoms with Gasteiger partial charge in [-0.25, -0.2) is 0 Å². The number of Topliss-reactive ketones (excluding diaryl/α,β-unsaturated/α-hetero) is 2. The molecule has 0 radical (unpaired) electrons. The van der Waals surface area contributed by atoms with Crippen LogP contribution in [0.4, 0.5) is 0 Å². The quantitative estimate of drug-likeness (QED) is 0.137. The average Bonchev–Trinajstić information content (AvgIpc) is 2.61. The summed E-state index contributed by atoms with van der Waals surface area (Å²) in [5.74, 6) is 5.10. The molecule has 26 heavy (non-hydrogen) atoms. The van der Waals surface area contributed by atoms with Gasteiger partial charge in [-0.2, -0.15) is 0 Å². The SMILES string of the molecule is CCCCCCCCCCC(=O)C(CCCC(=O)CC(O)C#P=O)=NN. The molecule has 0 aromatic rings. The third kappa shape index (κ3) is 14.0. The van der Waals surface area contributed by atoms with E-state index in [2.05, 4.69) is 17.7 Å². The van der Waals surface area contributed by atoms with E-state index in [0.29, 0.717) is 25.0 Å². The summed E-state index contributed by atoms with van der Waals surface area (Å²) in [5, 5.41) is 12.9. The molecule has 0 aromatic carbocycles. The monoisotopic (exact) mass is 384 g/mol. The van der Waals surface area contributed by atoms with Gasteiger partial charge in [-0.05, 0) is 0 Å². The van der Waals surface area contributed by atoms with E-state index in [1.807, 2.05) is 0 Å². The van der Waals surface area contributed by atoms with E-state index < -0.39 is 14.0 Å². The molecule has 7 heteroatoms. The summed E-state index contributed by atoms with van der Waals surface area (Å²) in [6.45, 7) is 2.20. The van der Waals surface area contributed by atoms with Gasteiger partial charge in [-0.15, -0.1) is 0 Å². The van der Waals surface area contributed by atoms with E-state index >= 15 is 0 Å². The van der Waals surface area contributed by atoms with Gasteiger partial charge in [0.1, 0.15) is 0 Å². The molecule has 1 atom stereocenters. The van der Waals surface area contributed by atoms with E-state index in [4.69, 9.17) is 5.84 Å². The predicted molar refractivity (Wildman–Crippen MR) is 105 cm³/mol. The maximum absolute atomic E-state index is 12.1. The standard InChI is InChI=1S/C19H33N2O4P/c1-2-3-4-5-6-7-8-9-13-19(24)18(21-20)12-10-11-16(22)14-17(23)15-26-25/h17,23H,2-14,20H2,1H3. The van der Waals surface area contributed by atoms with Crippen molar-refractivity contribution in [3.8, 4) is 5.63 Å². The van der Waals surface area contributed by atoms with E-state index in [1.54, 1.807) is 0 Å². The molecule has 0 heterocycles. The van der Waals surface area contributed by atoms with Crippen molar-refractivity contribution in [1.82, 2.24) is 0 Å². The van der Waals surface area contributed by atoms with Gasteiger partial charge < -0.3 is 0 Å². The van der Waals surface area contributed by atoms with Gasteiger partial charge in [0.2, 0.25) is 0 Å². The van der Waals surface area contributed by atoms with E-state index in [9.17, 15) is 19.3 Å². The van der Waals surface area contributed by atoms with Crippen LogP contribution in [0.25, 0.3) is 0 Å². The second-order valence-electron chi connectivity index (χ2n) is 6.56. The van der Waals surface area contributed by atoms with Crippen LogP contribution >= 0.6 is 7.92 Å². The Morgan fingerprint density at radius 3 is 2.19 bits per heavy atom. The Bertz CT molecular complexity index is 543. The molecule has 0 saturated heterocycles. The Morgan fingerprint density at radius 2 is 1.62 bits per heavy atom. The van der Waals surface area contributed by atoms with Crippen molar-refractivity contribution in [3.05, 3.63) is 0 Å². The third-order valence-electron chi connectivity index (χ3n) is 4.23. The molecular weight excluding hydrogens is 351 g/mol. The predicted octanol–water partition coefficient (Wildman–Crippen LogP) is 4.14. The minimum atomic E-state index is -1.12. The molecular formula is C19H33N2O4P. The van der Waals surface area contributed by atoms with Crippen LogP contribution in [0.2, 0.25) is 0 Å². The normalized spacial score (nSPS) is 12.5. The number of nitrogens with two attached hydrogens (primary N) is 1. The Morgan fingerprint density at radius 1 is 1.00 bits per heavy atom. The van der Waals surface area contributed by atoms with Crippen LogP contribution in [0.1, 0.15) is 90.4 Å². The molecule has 0 aliphatic rings. The summed E-state index contributed by atoms with van der Waals surface area (Å²) in [6.07, 6.45) is 9.62. The Kier molecular flexibility index (Phi) is 16.4. The molecule has 148 valence electrons. The number of carbonyl (C=O) groups is 2. The van der Waals surface area contributed by atoms with E-state index in [1.165, 1.54) is 32.1 Å². The summed E-state index contributed by atoms with van der Waals surface area (Å²) >= 11 is 0. The number of hydrogen-bond acceptors (Lipinski definition) is 6. The molecule has 0 amide bonds. The Balaban J connectivity index is 3.88. The summed E-state index contributed by atoms with van der Waals surface area (Å²) in [7, 11) is -0.415. The summed E-state index contributed by atoms with van der Waals surface area (Å²) in [6, 6.07) is 0. The van der Waals surface area contributed by atoms with Crippen LogP contribution in [0.5, 0.6) is 0 Å². The summed E-state index contributed by atoms with van der Waals surface area (Å²) < 4.78 is 10.2. The van der Waals surface area contributed by atoms with Gasteiger partial charge in [-0.1, -0.05) is 45.4 Å². The van der Waals surface area contributed by atoms with Crippen LogP contribution < -0.4 is 5.84 Å². The van der Waals surface area contributed by atoms with Crippen molar-refractivity contribution in [1.29, 1.82) is 0 Å². The number of hydrazone groups is 1. The average molecular weight is 384 g/mol. The van der Waals surface area contributed by atoms with Crippen molar-refractivity contribution in [2.75, 3.05) is 0 Å².